The van der Waals surface area contributed by atoms with Crippen molar-refractivity contribution in [2.24, 2.45) is 4.99 Å². The number of halogens is 2. The highest BCUT2D eigenvalue weighted by molar-refractivity contribution is 6.70. The molecule has 0 saturated heterocycles. The van der Waals surface area contributed by atoms with Crippen molar-refractivity contribution in [3.63, 3.8) is 0 Å². The standard InChI is InChI=1S/C11H11Cl2NO/c1-11(2)6-15-9-7(10(13)14-11)4-3-5-8(9)12/h3-5H,6H2,1-2H3. The van der Waals surface area contributed by atoms with E-state index in [2.05, 4.69) is 4.99 Å². The maximum absolute atomic E-state index is 6.12. The van der Waals surface area contributed by atoms with Crippen LogP contribution in [0.1, 0.15) is 19.4 Å². The van der Waals surface area contributed by atoms with E-state index >= 15 is 0 Å². The van der Waals surface area contributed by atoms with Gasteiger partial charge in [0.15, 0.2) is 0 Å². The zero-order valence-electron chi connectivity index (χ0n) is 8.55. The molecular formula is C11H11Cl2NO. The minimum absolute atomic E-state index is 0.320. The van der Waals surface area contributed by atoms with Crippen molar-refractivity contribution >= 4 is 28.4 Å². The molecule has 15 heavy (non-hydrogen) atoms. The molecule has 0 spiro atoms. The van der Waals surface area contributed by atoms with Gasteiger partial charge in [0.1, 0.15) is 17.5 Å². The van der Waals surface area contributed by atoms with Crippen LogP contribution in [0.4, 0.5) is 0 Å². The second kappa shape index (κ2) is 3.69. The summed E-state index contributed by atoms with van der Waals surface area (Å²) in [6, 6.07) is 5.47. The fraction of sp³-hybridized carbons (Fsp3) is 0.364. The number of ether oxygens (including phenoxy) is 1. The molecule has 0 bridgehead atoms. The Labute approximate surface area is 98.9 Å². The molecule has 1 heterocycles. The van der Waals surface area contributed by atoms with E-state index in [4.69, 9.17) is 27.9 Å². The molecule has 0 aliphatic carbocycles. The topological polar surface area (TPSA) is 21.6 Å². The number of rotatable bonds is 0. The van der Waals surface area contributed by atoms with Crippen LogP contribution in [0.15, 0.2) is 23.2 Å². The molecule has 2 rings (SSSR count). The lowest BCUT2D eigenvalue weighted by molar-refractivity contribution is 0.249. The monoisotopic (exact) mass is 243 g/mol. The summed E-state index contributed by atoms with van der Waals surface area (Å²) in [4.78, 5) is 4.39. The van der Waals surface area contributed by atoms with Gasteiger partial charge in [0.25, 0.3) is 0 Å². The van der Waals surface area contributed by atoms with Gasteiger partial charge in [0.05, 0.1) is 16.1 Å². The minimum atomic E-state index is -0.320. The van der Waals surface area contributed by atoms with E-state index in [1.54, 1.807) is 6.07 Å². The third-order valence-electron chi connectivity index (χ3n) is 2.16. The third kappa shape index (κ3) is 2.11. The van der Waals surface area contributed by atoms with Crippen LogP contribution in [-0.4, -0.2) is 17.3 Å². The molecule has 1 aromatic carbocycles. The van der Waals surface area contributed by atoms with Gasteiger partial charge in [-0.3, -0.25) is 4.99 Å². The summed E-state index contributed by atoms with van der Waals surface area (Å²) in [5.41, 5.74) is 0.439. The summed E-state index contributed by atoms with van der Waals surface area (Å²) in [7, 11) is 0. The smallest absolute Gasteiger partial charge is 0.148 e. The second-order valence-electron chi connectivity index (χ2n) is 4.12. The summed E-state index contributed by atoms with van der Waals surface area (Å²) in [5.74, 6) is 0.624. The Morgan fingerprint density at radius 2 is 2.07 bits per heavy atom. The van der Waals surface area contributed by atoms with Crippen molar-refractivity contribution in [2.75, 3.05) is 6.61 Å². The molecule has 0 N–H and O–H groups in total. The van der Waals surface area contributed by atoms with Gasteiger partial charge in [0.2, 0.25) is 0 Å². The molecule has 80 valence electrons. The Morgan fingerprint density at radius 1 is 1.33 bits per heavy atom. The third-order valence-corrected chi connectivity index (χ3v) is 2.75. The Hall–Kier alpha value is -0.730. The predicted molar refractivity (Wildman–Crippen MR) is 63.4 cm³/mol. The van der Waals surface area contributed by atoms with Crippen LogP contribution in [0, 0.1) is 0 Å². The normalized spacial score (nSPS) is 18.5. The van der Waals surface area contributed by atoms with Gasteiger partial charge in [-0.1, -0.05) is 29.3 Å². The lowest BCUT2D eigenvalue weighted by atomic mass is 10.1. The molecule has 0 atom stereocenters. The van der Waals surface area contributed by atoms with E-state index in [0.29, 0.717) is 22.5 Å². The Kier molecular flexibility index (Phi) is 2.65. The Morgan fingerprint density at radius 3 is 2.80 bits per heavy atom. The Balaban J connectivity index is 2.56. The van der Waals surface area contributed by atoms with Gasteiger partial charge in [-0.2, -0.15) is 0 Å². The van der Waals surface area contributed by atoms with Gasteiger partial charge in [-0.05, 0) is 26.0 Å². The van der Waals surface area contributed by atoms with Crippen LogP contribution in [0.2, 0.25) is 5.02 Å². The molecule has 0 amide bonds. The SMILES string of the molecule is CC1(C)COc2c(Cl)cccc2C(Cl)=N1. The van der Waals surface area contributed by atoms with Crippen molar-refractivity contribution in [1.82, 2.24) is 0 Å². The maximum atomic E-state index is 6.12. The fourth-order valence-electron chi connectivity index (χ4n) is 1.42. The maximum Gasteiger partial charge on any atom is 0.148 e. The van der Waals surface area contributed by atoms with Crippen LogP contribution in [-0.2, 0) is 0 Å². The van der Waals surface area contributed by atoms with Crippen LogP contribution in [0.5, 0.6) is 5.75 Å². The first-order valence-electron chi connectivity index (χ1n) is 4.67. The number of hydrogen-bond donors (Lipinski definition) is 0. The molecule has 2 nitrogen and oxygen atoms in total. The van der Waals surface area contributed by atoms with Crippen LogP contribution in [0.3, 0.4) is 0 Å². The molecule has 1 aliphatic rings. The summed E-state index contributed by atoms with van der Waals surface area (Å²) in [6.45, 7) is 4.41. The summed E-state index contributed by atoms with van der Waals surface area (Å²) >= 11 is 12.2. The summed E-state index contributed by atoms with van der Waals surface area (Å²) in [5, 5.41) is 1.02. The lowest BCUT2D eigenvalue weighted by Gasteiger charge is -2.17. The van der Waals surface area contributed by atoms with Crippen molar-refractivity contribution in [2.45, 2.75) is 19.4 Å². The average molecular weight is 244 g/mol. The van der Waals surface area contributed by atoms with Gasteiger partial charge in [0, 0.05) is 0 Å². The first-order chi connectivity index (χ1) is 6.99. The Bertz CT molecular complexity index is 427. The summed E-state index contributed by atoms with van der Waals surface area (Å²) in [6.07, 6.45) is 0. The first kappa shape index (κ1) is 10.8. The van der Waals surface area contributed by atoms with Crippen LogP contribution in [0.25, 0.3) is 0 Å². The number of aliphatic imine (C=N–C) groups is 1. The molecule has 0 radical (unpaired) electrons. The van der Waals surface area contributed by atoms with Gasteiger partial charge < -0.3 is 4.74 Å². The quantitative estimate of drug-likeness (QED) is 0.684. The first-order valence-corrected chi connectivity index (χ1v) is 5.42. The van der Waals surface area contributed by atoms with Crippen LogP contribution >= 0.6 is 23.2 Å². The molecule has 1 aromatic rings. The molecule has 4 heteroatoms. The van der Waals surface area contributed by atoms with Gasteiger partial charge in [-0.15, -0.1) is 0 Å². The van der Waals surface area contributed by atoms with Crippen molar-refractivity contribution in [1.29, 1.82) is 0 Å². The highest BCUT2D eigenvalue weighted by Crippen LogP contribution is 2.33. The molecule has 1 aliphatic heterocycles. The van der Waals surface area contributed by atoms with E-state index in [-0.39, 0.29) is 5.54 Å². The molecular weight excluding hydrogens is 233 g/mol. The van der Waals surface area contributed by atoms with Gasteiger partial charge >= 0.3 is 0 Å². The zero-order valence-corrected chi connectivity index (χ0v) is 10.1. The van der Waals surface area contributed by atoms with E-state index in [1.165, 1.54) is 0 Å². The van der Waals surface area contributed by atoms with Crippen molar-refractivity contribution in [3.8, 4) is 5.75 Å². The van der Waals surface area contributed by atoms with E-state index in [0.717, 1.165) is 5.56 Å². The lowest BCUT2D eigenvalue weighted by Crippen LogP contribution is -2.25. The average Bonchev–Trinajstić information content (AvgIpc) is 2.25. The van der Waals surface area contributed by atoms with E-state index < -0.39 is 0 Å². The largest absolute Gasteiger partial charge is 0.489 e. The van der Waals surface area contributed by atoms with E-state index in [1.807, 2.05) is 26.0 Å². The summed E-state index contributed by atoms with van der Waals surface area (Å²) < 4.78 is 5.63. The van der Waals surface area contributed by atoms with Crippen LogP contribution < -0.4 is 4.74 Å². The number of benzene rings is 1. The predicted octanol–water partition coefficient (Wildman–Crippen LogP) is 3.50. The molecule has 0 saturated carbocycles. The number of nitrogens with zero attached hydrogens (tertiary/aromatic N) is 1. The molecule has 0 unspecified atom stereocenters. The molecule has 0 aromatic heterocycles. The minimum Gasteiger partial charge on any atom is -0.489 e. The van der Waals surface area contributed by atoms with Gasteiger partial charge in [-0.25, -0.2) is 0 Å². The molecule has 0 fully saturated rings. The highest BCUT2D eigenvalue weighted by Gasteiger charge is 2.25. The van der Waals surface area contributed by atoms with Crippen molar-refractivity contribution in [3.05, 3.63) is 28.8 Å². The fourth-order valence-corrected chi connectivity index (χ4v) is 2.03. The highest BCUT2D eigenvalue weighted by atomic mass is 35.5. The van der Waals surface area contributed by atoms with Crippen molar-refractivity contribution < 1.29 is 4.74 Å². The zero-order chi connectivity index (χ0) is 11.1. The second-order valence-corrected chi connectivity index (χ2v) is 4.89. The number of para-hydroxylation sites is 1. The van der Waals surface area contributed by atoms with E-state index in [9.17, 15) is 0 Å². The number of fused-ring (bicyclic) bond motifs is 1. The number of hydrogen-bond acceptors (Lipinski definition) is 2.